The molecule has 10 nitrogen and oxygen atoms in total. The lowest BCUT2D eigenvalue weighted by atomic mass is 10.2. The molecular weight excluding hydrogens is 489 g/mol. The lowest BCUT2D eigenvalue weighted by Gasteiger charge is -2.30. The number of methoxy groups -OCH3 is 2. The molecule has 3 aromatic carbocycles. The Bertz CT molecular complexity index is 1420. The molecule has 0 saturated heterocycles. The summed E-state index contributed by atoms with van der Waals surface area (Å²) >= 11 is 0. The van der Waals surface area contributed by atoms with Crippen LogP contribution >= 0.6 is 7.60 Å². The Morgan fingerprint density at radius 3 is 1.81 bits per heavy atom. The number of carbonyl (C=O) groups is 2. The predicted molar refractivity (Wildman–Crippen MR) is 129 cm³/mol. The van der Waals surface area contributed by atoms with Crippen LogP contribution in [0.2, 0.25) is 0 Å². The molecule has 0 aliphatic heterocycles. The van der Waals surface area contributed by atoms with Crippen molar-refractivity contribution < 1.29 is 37.1 Å². The van der Waals surface area contributed by atoms with Gasteiger partial charge in [0.15, 0.2) is 11.6 Å². The molecular formula is C25H22NO9P. The number of fused-ring (bicyclic) bond motifs is 1. The molecule has 2 atom stereocenters. The summed E-state index contributed by atoms with van der Waals surface area (Å²) in [6, 6.07) is 20.4. The molecule has 0 unspecified atom stereocenters. The average Bonchev–Trinajstić information content (AvgIpc) is 3.22. The third-order valence-corrected chi connectivity index (χ3v) is 7.38. The fraction of sp³-hybridized carbons (Fsp3) is 0.160. The van der Waals surface area contributed by atoms with Crippen LogP contribution in [0.25, 0.3) is 11.1 Å². The number of nitrogens with zero attached hydrogens (tertiary/aromatic N) is 1. The molecule has 4 aromatic rings. The molecule has 0 fully saturated rings. The predicted octanol–water partition coefficient (Wildman–Crippen LogP) is 4.20. The van der Waals surface area contributed by atoms with Gasteiger partial charge in [0, 0.05) is 0 Å². The minimum atomic E-state index is -4.68. The number of rotatable bonds is 9. The van der Waals surface area contributed by atoms with Gasteiger partial charge in [-0.05, 0) is 36.4 Å². The number of hydrogen-bond donors (Lipinski definition) is 0. The fourth-order valence-corrected chi connectivity index (χ4v) is 5.74. The average molecular weight is 511 g/mol. The summed E-state index contributed by atoms with van der Waals surface area (Å²) in [7, 11) is -2.57. The van der Waals surface area contributed by atoms with Gasteiger partial charge in [-0.25, -0.2) is 14.2 Å². The number of oxazole rings is 1. The maximum Gasteiger partial charge on any atom is 0.447 e. The number of ether oxygens (including phenoxy) is 2. The summed E-state index contributed by atoms with van der Waals surface area (Å²) in [5.41, 5.74) is -1.66. The van der Waals surface area contributed by atoms with Crippen LogP contribution < -0.4 is 14.8 Å². The van der Waals surface area contributed by atoms with Gasteiger partial charge < -0.3 is 22.9 Å². The number of hydrogen-bond acceptors (Lipinski definition) is 9. The van der Waals surface area contributed by atoms with Crippen molar-refractivity contribution in [1.82, 2.24) is 4.57 Å². The Hall–Kier alpha value is -4.30. The minimum absolute atomic E-state index is 0.0960. The van der Waals surface area contributed by atoms with Gasteiger partial charge in [0.25, 0.3) is 0 Å². The zero-order valence-electron chi connectivity index (χ0n) is 19.3. The number of esters is 2. The summed E-state index contributed by atoms with van der Waals surface area (Å²) in [4.78, 5) is 39.3. The van der Waals surface area contributed by atoms with Crippen molar-refractivity contribution in [1.29, 1.82) is 0 Å². The Balaban J connectivity index is 1.96. The van der Waals surface area contributed by atoms with E-state index in [0.29, 0.717) is 0 Å². The monoisotopic (exact) mass is 511 g/mol. The van der Waals surface area contributed by atoms with Gasteiger partial charge in [-0.3, -0.25) is 9.36 Å². The Morgan fingerprint density at radius 1 is 0.778 bits per heavy atom. The molecule has 0 spiro atoms. The molecule has 36 heavy (non-hydrogen) atoms. The highest BCUT2D eigenvalue weighted by Crippen LogP contribution is 2.56. The third-order valence-electron chi connectivity index (χ3n) is 5.27. The maximum atomic E-state index is 14.6. The van der Waals surface area contributed by atoms with Crippen LogP contribution in [0, 0.1) is 0 Å². The molecule has 4 rings (SSSR count). The second-order valence-electron chi connectivity index (χ2n) is 7.49. The van der Waals surface area contributed by atoms with E-state index in [1.54, 1.807) is 48.5 Å². The molecule has 1 aromatic heterocycles. The van der Waals surface area contributed by atoms with Crippen LogP contribution in [-0.4, -0.2) is 36.4 Å². The third kappa shape index (κ3) is 4.89. The smallest absolute Gasteiger partial charge is 0.447 e. The van der Waals surface area contributed by atoms with Crippen LogP contribution in [0.1, 0.15) is 6.04 Å². The first kappa shape index (κ1) is 24.8. The van der Waals surface area contributed by atoms with Gasteiger partial charge in [0.05, 0.1) is 19.7 Å². The maximum absolute atomic E-state index is 14.6. The molecule has 0 saturated carbocycles. The van der Waals surface area contributed by atoms with Gasteiger partial charge in [-0.2, -0.15) is 0 Å². The van der Waals surface area contributed by atoms with Crippen molar-refractivity contribution in [2.45, 2.75) is 11.7 Å². The molecule has 0 aliphatic rings. The number of benzene rings is 3. The normalized spacial score (nSPS) is 12.9. The summed E-state index contributed by atoms with van der Waals surface area (Å²) in [5.74, 6) is -2.98. The standard InChI is InChI=1S/C25H22NO9P/c1-31-23(27)21(26-19-15-9-10-16-20(19)33-25(26)29)22(24(28)32-2)36(30,34-17-11-5-3-6-12-17)35-18-13-7-4-8-14-18/h3-16,21-22H,1-2H3/t21-,22-/m0/s1. The van der Waals surface area contributed by atoms with E-state index in [4.69, 9.17) is 22.9 Å². The van der Waals surface area contributed by atoms with Crippen molar-refractivity contribution in [2.24, 2.45) is 0 Å². The summed E-state index contributed by atoms with van der Waals surface area (Å²) in [6.45, 7) is 0. The molecule has 11 heteroatoms. The van der Waals surface area contributed by atoms with Crippen molar-refractivity contribution >= 4 is 30.6 Å². The summed E-state index contributed by atoms with van der Waals surface area (Å²) < 4.78 is 42.2. The molecule has 186 valence electrons. The van der Waals surface area contributed by atoms with E-state index in [-0.39, 0.29) is 22.6 Å². The van der Waals surface area contributed by atoms with Crippen molar-refractivity contribution in [3.63, 3.8) is 0 Å². The van der Waals surface area contributed by atoms with E-state index in [1.165, 1.54) is 36.4 Å². The lowest BCUT2D eigenvalue weighted by Crippen LogP contribution is -2.43. The molecule has 0 radical (unpaired) electrons. The first-order valence-corrected chi connectivity index (χ1v) is 12.3. The molecule has 0 N–H and O–H groups in total. The number of aromatic nitrogens is 1. The van der Waals surface area contributed by atoms with E-state index in [1.807, 2.05) is 0 Å². The van der Waals surface area contributed by atoms with E-state index < -0.39 is 37.0 Å². The van der Waals surface area contributed by atoms with Crippen LogP contribution in [0.4, 0.5) is 0 Å². The van der Waals surface area contributed by atoms with Gasteiger partial charge in [-0.15, -0.1) is 0 Å². The zero-order valence-corrected chi connectivity index (χ0v) is 20.2. The first-order valence-electron chi connectivity index (χ1n) is 10.7. The van der Waals surface area contributed by atoms with E-state index in [9.17, 15) is 18.9 Å². The Labute approximate surface area is 205 Å². The van der Waals surface area contributed by atoms with Gasteiger partial charge in [-0.1, -0.05) is 48.5 Å². The highest BCUT2D eigenvalue weighted by molar-refractivity contribution is 7.56. The van der Waals surface area contributed by atoms with Gasteiger partial charge in [0.2, 0.25) is 5.66 Å². The SMILES string of the molecule is COC(=O)[C@H]([C@@H](C(=O)OC)P(=O)(Oc1ccccc1)Oc1ccccc1)n1c(=O)oc2ccccc21. The van der Waals surface area contributed by atoms with Gasteiger partial charge in [0.1, 0.15) is 11.5 Å². The highest BCUT2D eigenvalue weighted by Gasteiger charge is 2.55. The Kier molecular flexibility index (Phi) is 7.26. The van der Waals surface area contributed by atoms with E-state index in [2.05, 4.69) is 0 Å². The number of carbonyl (C=O) groups excluding carboxylic acids is 2. The molecule has 1 heterocycles. The zero-order chi connectivity index (χ0) is 25.7. The van der Waals surface area contributed by atoms with Crippen molar-refractivity contribution in [3.8, 4) is 11.5 Å². The van der Waals surface area contributed by atoms with Gasteiger partial charge >= 0.3 is 25.3 Å². The molecule has 0 aliphatic carbocycles. The van der Waals surface area contributed by atoms with Crippen LogP contribution in [0.5, 0.6) is 11.5 Å². The second-order valence-corrected chi connectivity index (χ2v) is 9.49. The largest absolute Gasteiger partial charge is 0.468 e. The van der Waals surface area contributed by atoms with Crippen LogP contribution in [0.15, 0.2) is 94.1 Å². The van der Waals surface area contributed by atoms with Crippen molar-refractivity contribution in [2.75, 3.05) is 14.2 Å². The minimum Gasteiger partial charge on any atom is -0.468 e. The Morgan fingerprint density at radius 2 is 1.28 bits per heavy atom. The van der Waals surface area contributed by atoms with Crippen LogP contribution in [-0.2, 0) is 23.6 Å². The summed E-state index contributed by atoms with van der Waals surface area (Å²) in [5, 5.41) is 0. The fourth-order valence-electron chi connectivity index (χ4n) is 3.68. The van der Waals surface area contributed by atoms with E-state index in [0.717, 1.165) is 18.8 Å². The number of para-hydroxylation sites is 4. The first-order chi connectivity index (χ1) is 17.4. The van der Waals surface area contributed by atoms with E-state index >= 15 is 0 Å². The highest BCUT2D eigenvalue weighted by atomic mass is 31.2. The second kappa shape index (κ2) is 10.5. The quantitative estimate of drug-likeness (QED) is 0.240. The summed E-state index contributed by atoms with van der Waals surface area (Å²) in [6.07, 6.45) is 0. The topological polar surface area (TPSA) is 123 Å². The molecule has 0 bridgehead atoms. The lowest BCUT2D eigenvalue weighted by molar-refractivity contribution is -0.151. The van der Waals surface area contributed by atoms with Crippen molar-refractivity contribution in [3.05, 3.63) is 95.5 Å². The van der Waals surface area contributed by atoms with Crippen LogP contribution in [0.3, 0.4) is 0 Å². The molecule has 0 amide bonds.